The van der Waals surface area contributed by atoms with Crippen LogP contribution >= 0.6 is 0 Å². The fourth-order valence-electron chi connectivity index (χ4n) is 2.17. The Bertz CT molecular complexity index is 880. The Morgan fingerprint density at radius 2 is 0.964 bits per heavy atom. The van der Waals surface area contributed by atoms with Crippen LogP contribution in [0, 0.1) is 0 Å². The van der Waals surface area contributed by atoms with Crippen molar-refractivity contribution in [3.63, 3.8) is 0 Å². The van der Waals surface area contributed by atoms with Crippen LogP contribution in [0.25, 0.3) is 0 Å². The molecule has 28 heavy (non-hydrogen) atoms. The zero-order valence-electron chi connectivity index (χ0n) is 14.0. The molecule has 0 unspecified atom stereocenters. The second-order valence-corrected chi connectivity index (χ2v) is 5.19. The number of rotatable bonds is 6. The van der Waals surface area contributed by atoms with Crippen molar-refractivity contribution >= 4 is 29.8 Å². The van der Waals surface area contributed by atoms with Crippen molar-refractivity contribution in [1.29, 1.82) is 0 Å². The molecule has 0 bridgehead atoms. The van der Waals surface area contributed by atoms with Gasteiger partial charge in [-0.25, -0.2) is 19.2 Å². The normalized spacial score (nSPS) is 9.57. The maximum atomic E-state index is 10.9. The van der Waals surface area contributed by atoms with Crippen LogP contribution in [0.4, 0.5) is 0 Å². The maximum absolute atomic E-state index is 10.9. The lowest BCUT2D eigenvalue weighted by Crippen LogP contribution is -2.19. The topological polar surface area (TPSA) is 186 Å². The molecule has 10 nitrogen and oxygen atoms in total. The number of hydrogen-bond acceptors (Lipinski definition) is 5. The monoisotopic (exact) mass is 390 g/mol. The molecule has 0 heterocycles. The van der Waals surface area contributed by atoms with Crippen molar-refractivity contribution in [1.82, 2.24) is 0 Å². The molecular formula is C18H14O10. The quantitative estimate of drug-likeness (QED) is 0.486. The van der Waals surface area contributed by atoms with E-state index in [-0.39, 0.29) is 6.42 Å². The molecule has 2 aromatic rings. The summed E-state index contributed by atoms with van der Waals surface area (Å²) >= 11 is 0. The molecule has 5 N–H and O–H groups in total. The standard InChI is InChI=1S/C10H6O8.C8H8O2/c11-7(12)3-1-2-4(8(13)14)6(10(17)18)5(3)9(15)16;9-8(10)6-7-4-2-1-3-5-7/h1-2H,(H,11,12)(H,13,14)(H,15,16)(H,17,18);1-5H,6H2,(H,9,10). The summed E-state index contributed by atoms with van der Waals surface area (Å²) in [6.07, 6.45) is 0.112. The molecule has 146 valence electrons. The number of aliphatic carboxylic acids is 1. The van der Waals surface area contributed by atoms with E-state index in [4.69, 9.17) is 25.5 Å². The second-order valence-electron chi connectivity index (χ2n) is 5.19. The maximum Gasteiger partial charge on any atom is 0.337 e. The van der Waals surface area contributed by atoms with Gasteiger partial charge < -0.3 is 25.5 Å². The van der Waals surface area contributed by atoms with Crippen LogP contribution in [0.15, 0.2) is 42.5 Å². The van der Waals surface area contributed by atoms with Gasteiger partial charge in [-0.1, -0.05) is 30.3 Å². The molecule has 0 aromatic heterocycles. The van der Waals surface area contributed by atoms with Crippen LogP contribution in [0.1, 0.15) is 47.0 Å². The van der Waals surface area contributed by atoms with Gasteiger partial charge in [0.25, 0.3) is 0 Å². The van der Waals surface area contributed by atoms with Crippen LogP contribution < -0.4 is 0 Å². The van der Waals surface area contributed by atoms with E-state index in [1.165, 1.54) is 0 Å². The Morgan fingerprint density at radius 1 is 0.571 bits per heavy atom. The zero-order chi connectivity index (χ0) is 21.4. The molecular weight excluding hydrogens is 376 g/mol. The van der Waals surface area contributed by atoms with Crippen LogP contribution in [0.3, 0.4) is 0 Å². The summed E-state index contributed by atoms with van der Waals surface area (Å²) in [5, 5.41) is 43.5. The van der Waals surface area contributed by atoms with Gasteiger partial charge in [-0.3, -0.25) is 4.79 Å². The SMILES string of the molecule is O=C(O)Cc1ccccc1.O=C(O)c1ccc(C(=O)O)c(C(=O)O)c1C(=O)O. The summed E-state index contributed by atoms with van der Waals surface area (Å²) in [5.74, 6) is -7.76. The van der Waals surface area contributed by atoms with Gasteiger partial charge in [-0.15, -0.1) is 0 Å². The van der Waals surface area contributed by atoms with E-state index in [1.807, 2.05) is 18.2 Å². The first kappa shape index (κ1) is 21.8. The number of benzene rings is 2. The Balaban J connectivity index is 0.000000330. The van der Waals surface area contributed by atoms with E-state index >= 15 is 0 Å². The van der Waals surface area contributed by atoms with Crippen LogP contribution in [0.2, 0.25) is 0 Å². The minimum atomic E-state index is -1.83. The zero-order valence-corrected chi connectivity index (χ0v) is 14.0. The van der Waals surface area contributed by atoms with Gasteiger partial charge in [0.15, 0.2) is 0 Å². The highest BCUT2D eigenvalue weighted by Crippen LogP contribution is 2.20. The number of carbonyl (C=O) groups is 5. The highest BCUT2D eigenvalue weighted by atomic mass is 16.4. The van der Waals surface area contributed by atoms with Crippen molar-refractivity contribution < 1.29 is 49.5 Å². The van der Waals surface area contributed by atoms with Crippen LogP contribution in [-0.2, 0) is 11.2 Å². The summed E-state index contributed by atoms with van der Waals surface area (Å²) < 4.78 is 0. The van der Waals surface area contributed by atoms with E-state index < -0.39 is 52.1 Å². The predicted octanol–water partition coefficient (Wildman–Crippen LogP) is 1.79. The lowest BCUT2D eigenvalue weighted by Gasteiger charge is -2.08. The molecule has 0 saturated heterocycles. The van der Waals surface area contributed by atoms with Gasteiger partial charge in [0.2, 0.25) is 0 Å². The first-order valence-corrected chi connectivity index (χ1v) is 7.42. The van der Waals surface area contributed by atoms with Crippen molar-refractivity contribution in [2.45, 2.75) is 6.42 Å². The summed E-state index contributed by atoms with van der Waals surface area (Å²) in [4.78, 5) is 53.5. The van der Waals surface area contributed by atoms with Gasteiger partial charge in [0, 0.05) is 0 Å². The molecule has 2 rings (SSSR count). The summed E-state index contributed by atoms with van der Waals surface area (Å²) in [6, 6.07) is 10.6. The largest absolute Gasteiger partial charge is 0.481 e. The van der Waals surface area contributed by atoms with Crippen molar-refractivity contribution in [3.05, 3.63) is 70.3 Å². The third kappa shape index (κ3) is 5.66. The van der Waals surface area contributed by atoms with E-state index in [2.05, 4.69) is 0 Å². The average molecular weight is 390 g/mol. The van der Waals surface area contributed by atoms with Crippen molar-refractivity contribution in [2.24, 2.45) is 0 Å². The van der Waals surface area contributed by atoms with E-state index in [1.54, 1.807) is 12.1 Å². The molecule has 0 radical (unpaired) electrons. The molecule has 0 atom stereocenters. The smallest absolute Gasteiger partial charge is 0.337 e. The van der Waals surface area contributed by atoms with E-state index in [0.717, 1.165) is 17.7 Å². The predicted molar refractivity (Wildman–Crippen MR) is 92.1 cm³/mol. The minimum Gasteiger partial charge on any atom is -0.481 e. The molecule has 2 aromatic carbocycles. The second kappa shape index (κ2) is 9.48. The molecule has 0 fully saturated rings. The number of hydrogen-bond donors (Lipinski definition) is 5. The van der Waals surface area contributed by atoms with Crippen molar-refractivity contribution in [2.75, 3.05) is 0 Å². The first-order valence-electron chi connectivity index (χ1n) is 7.42. The highest BCUT2D eigenvalue weighted by Gasteiger charge is 2.29. The molecule has 0 aliphatic carbocycles. The Labute approximate surface area is 156 Å². The first-order chi connectivity index (χ1) is 13.1. The van der Waals surface area contributed by atoms with Gasteiger partial charge in [-0.05, 0) is 17.7 Å². The number of carboxylic acids is 5. The summed E-state index contributed by atoms with van der Waals surface area (Å²) in [5.41, 5.74) is -2.85. The Hall–Kier alpha value is -4.21. The third-order valence-corrected chi connectivity index (χ3v) is 3.29. The summed E-state index contributed by atoms with van der Waals surface area (Å²) in [6.45, 7) is 0. The van der Waals surface area contributed by atoms with Gasteiger partial charge in [-0.2, -0.15) is 0 Å². The van der Waals surface area contributed by atoms with Crippen molar-refractivity contribution in [3.8, 4) is 0 Å². The molecule has 0 aliphatic heterocycles. The fourth-order valence-corrected chi connectivity index (χ4v) is 2.17. The van der Waals surface area contributed by atoms with Crippen LogP contribution in [-0.4, -0.2) is 55.4 Å². The lowest BCUT2D eigenvalue weighted by atomic mass is 9.95. The van der Waals surface area contributed by atoms with E-state index in [0.29, 0.717) is 0 Å². The molecule has 0 spiro atoms. The summed E-state index contributed by atoms with van der Waals surface area (Å²) in [7, 11) is 0. The molecule has 0 saturated carbocycles. The Kier molecular flexibility index (Phi) is 7.39. The minimum absolute atomic E-state index is 0.112. The highest BCUT2D eigenvalue weighted by molar-refractivity contribution is 6.13. The fraction of sp³-hybridized carbons (Fsp3) is 0.0556. The Morgan fingerprint density at radius 3 is 1.25 bits per heavy atom. The van der Waals surface area contributed by atoms with Gasteiger partial charge in [0.05, 0.1) is 28.7 Å². The molecule has 0 aliphatic rings. The third-order valence-electron chi connectivity index (χ3n) is 3.29. The van der Waals surface area contributed by atoms with Gasteiger partial charge in [0.1, 0.15) is 0 Å². The van der Waals surface area contributed by atoms with Crippen LogP contribution in [0.5, 0.6) is 0 Å². The van der Waals surface area contributed by atoms with E-state index in [9.17, 15) is 24.0 Å². The number of aromatic carboxylic acids is 4. The molecule has 0 amide bonds. The average Bonchev–Trinajstić information content (AvgIpc) is 2.60. The lowest BCUT2D eigenvalue weighted by molar-refractivity contribution is -0.136. The molecule has 10 heteroatoms. The number of carboxylic acid groups (broad SMARTS) is 5. The van der Waals surface area contributed by atoms with Gasteiger partial charge >= 0.3 is 29.8 Å².